The number of halogens is 1. The van der Waals surface area contributed by atoms with Gasteiger partial charge in [-0.15, -0.1) is 0 Å². The van der Waals surface area contributed by atoms with Crippen molar-refractivity contribution >= 4 is 34.3 Å². The molecule has 5 rings (SSSR count). The van der Waals surface area contributed by atoms with Crippen LogP contribution < -0.4 is 10.3 Å². The van der Waals surface area contributed by atoms with E-state index in [0.717, 1.165) is 27.7 Å². The average molecular weight is 483 g/mol. The van der Waals surface area contributed by atoms with Crippen LogP contribution in [0.15, 0.2) is 95.7 Å². The van der Waals surface area contributed by atoms with Crippen molar-refractivity contribution in [1.82, 2.24) is 9.88 Å². The van der Waals surface area contributed by atoms with Crippen LogP contribution in [-0.2, 0) is 17.9 Å². The van der Waals surface area contributed by atoms with Gasteiger partial charge in [0.25, 0.3) is 5.91 Å². The lowest BCUT2D eigenvalue weighted by Gasteiger charge is -2.14. The second-order valence-electron chi connectivity index (χ2n) is 8.86. The van der Waals surface area contributed by atoms with E-state index in [2.05, 4.69) is 10.4 Å². The monoisotopic (exact) mass is 482 g/mol. The number of aliphatic hydroxyl groups is 1. The molecular formula is C29H27FN4O2. The predicted octanol–water partition coefficient (Wildman–Crippen LogP) is 4.74. The normalized spacial score (nSPS) is 15.6. The van der Waals surface area contributed by atoms with Crippen molar-refractivity contribution in [2.45, 2.75) is 26.1 Å². The highest BCUT2D eigenvalue weighted by atomic mass is 19.1. The summed E-state index contributed by atoms with van der Waals surface area (Å²) in [5.41, 5.74) is 4.75. The molecule has 0 bridgehead atoms. The largest absolute Gasteiger partial charge is 0.390 e. The van der Waals surface area contributed by atoms with Gasteiger partial charge in [0.15, 0.2) is 0 Å². The van der Waals surface area contributed by atoms with Gasteiger partial charge < -0.3 is 15.0 Å². The van der Waals surface area contributed by atoms with Crippen LogP contribution in [0.4, 0.5) is 10.1 Å². The van der Waals surface area contributed by atoms with Crippen LogP contribution in [-0.4, -0.2) is 33.9 Å². The highest BCUT2D eigenvalue weighted by Gasteiger charge is 2.29. The Hall–Kier alpha value is -4.07. The first-order valence-electron chi connectivity index (χ1n) is 11.9. The molecule has 1 amide bonds. The van der Waals surface area contributed by atoms with E-state index in [-0.39, 0.29) is 11.7 Å². The Kier molecular flexibility index (Phi) is 6.75. The predicted molar refractivity (Wildman–Crippen MR) is 141 cm³/mol. The zero-order valence-corrected chi connectivity index (χ0v) is 19.9. The maximum absolute atomic E-state index is 13.2. The fraction of sp³-hybridized carbons (Fsp3) is 0.172. The number of anilines is 1. The van der Waals surface area contributed by atoms with E-state index in [0.29, 0.717) is 30.9 Å². The molecule has 1 atom stereocenters. The third kappa shape index (κ3) is 4.98. The van der Waals surface area contributed by atoms with Crippen LogP contribution in [0.25, 0.3) is 17.0 Å². The SMILES string of the molecule is CC1=NN(c2ccccc2)C(=O)/C1=C/c1cn(C[C@@H](O)CNCc2ccc(F)cc2)c2ccccc12. The first-order valence-corrected chi connectivity index (χ1v) is 11.9. The van der Waals surface area contributed by atoms with E-state index >= 15 is 0 Å². The number of rotatable bonds is 8. The number of fused-ring (bicyclic) bond motifs is 1. The molecule has 6 nitrogen and oxygen atoms in total. The van der Waals surface area contributed by atoms with Gasteiger partial charge in [-0.2, -0.15) is 10.1 Å². The van der Waals surface area contributed by atoms with Gasteiger partial charge in [-0.1, -0.05) is 48.5 Å². The van der Waals surface area contributed by atoms with Gasteiger partial charge in [0.1, 0.15) is 5.82 Å². The second kappa shape index (κ2) is 10.3. The van der Waals surface area contributed by atoms with E-state index in [4.69, 9.17) is 0 Å². The third-order valence-corrected chi connectivity index (χ3v) is 6.21. The fourth-order valence-corrected chi connectivity index (χ4v) is 4.40. The fourth-order valence-electron chi connectivity index (χ4n) is 4.40. The number of para-hydroxylation sites is 2. The molecule has 0 spiro atoms. The molecule has 0 saturated heterocycles. The number of hydrazone groups is 1. The first kappa shape index (κ1) is 23.7. The number of hydrogen-bond acceptors (Lipinski definition) is 4. The minimum Gasteiger partial charge on any atom is -0.390 e. The summed E-state index contributed by atoms with van der Waals surface area (Å²) < 4.78 is 15.1. The van der Waals surface area contributed by atoms with Crippen LogP contribution in [0.3, 0.4) is 0 Å². The van der Waals surface area contributed by atoms with Crippen molar-refractivity contribution in [3.05, 3.63) is 108 Å². The molecule has 1 aliphatic rings. The Morgan fingerprint density at radius 2 is 1.75 bits per heavy atom. The Balaban J connectivity index is 1.33. The number of carbonyl (C=O) groups is 1. The van der Waals surface area contributed by atoms with Crippen molar-refractivity contribution in [2.75, 3.05) is 11.6 Å². The quantitative estimate of drug-likeness (QED) is 0.357. The topological polar surface area (TPSA) is 69.9 Å². The minimum absolute atomic E-state index is 0.166. The summed E-state index contributed by atoms with van der Waals surface area (Å²) in [5.74, 6) is -0.432. The molecule has 0 aliphatic carbocycles. The number of hydrogen-bond donors (Lipinski definition) is 2. The zero-order chi connectivity index (χ0) is 25.1. The van der Waals surface area contributed by atoms with Crippen molar-refractivity contribution in [3.63, 3.8) is 0 Å². The molecule has 4 aromatic rings. The summed E-state index contributed by atoms with van der Waals surface area (Å²) >= 11 is 0. The number of benzene rings is 3. The van der Waals surface area contributed by atoms with E-state index in [1.807, 2.05) is 78.4 Å². The molecule has 0 radical (unpaired) electrons. The van der Waals surface area contributed by atoms with Crippen molar-refractivity contribution < 1.29 is 14.3 Å². The van der Waals surface area contributed by atoms with Gasteiger partial charge in [0, 0.05) is 42.3 Å². The number of aliphatic hydroxyl groups excluding tert-OH is 1. The van der Waals surface area contributed by atoms with Gasteiger partial charge in [0.2, 0.25) is 0 Å². The smallest absolute Gasteiger partial charge is 0.280 e. The summed E-state index contributed by atoms with van der Waals surface area (Å²) in [6, 6.07) is 23.6. The summed E-state index contributed by atoms with van der Waals surface area (Å²) in [6.45, 7) is 3.15. The van der Waals surface area contributed by atoms with Crippen LogP contribution in [0, 0.1) is 5.82 Å². The zero-order valence-electron chi connectivity index (χ0n) is 19.9. The second-order valence-corrected chi connectivity index (χ2v) is 8.86. The molecule has 3 aromatic carbocycles. The van der Waals surface area contributed by atoms with Gasteiger partial charge in [-0.05, 0) is 48.9 Å². The average Bonchev–Trinajstić information content (AvgIpc) is 3.38. The Bertz CT molecular complexity index is 1440. The highest BCUT2D eigenvalue weighted by molar-refractivity contribution is 6.32. The minimum atomic E-state index is -0.633. The summed E-state index contributed by atoms with van der Waals surface area (Å²) in [6.07, 6.45) is 3.21. The molecule has 1 aromatic heterocycles. The van der Waals surface area contributed by atoms with Gasteiger partial charge >= 0.3 is 0 Å². The van der Waals surface area contributed by atoms with Crippen LogP contribution in [0.2, 0.25) is 0 Å². The molecule has 182 valence electrons. The number of nitrogens with zero attached hydrogens (tertiary/aromatic N) is 3. The van der Waals surface area contributed by atoms with Crippen molar-refractivity contribution in [3.8, 4) is 0 Å². The van der Waals surface area contributed by atoms with E-state index in [1.165, 1.54) is 17.1 Å². The first-order chi connectivity index (χ1) is 17.5. The number of carbonyl (C=O) groups excluding carboxylic acids is 1. The van der Waals surface area contributed by atoms with Crippen molar-refractivity contribution in [2.24, 2.45) is 5.10 Å². The van der Waals surface area contributed by atoms with Crippen LogP contribution >= 0.6 is 0 Å². The van der Waals surface area contributed by atoms with Crippen LogP contribution in [0.5, 0.6) is 0 Å². The summed E-state index contributed by atoms with van der Waals surface area (Å²) in [7, 11) is 0. The van der Waals surface area contributed by atoms with Crippen molar-refractivity contribution in [1.29, 1.82) is 0 Å². The molecule has 1 aliphatic heterocycles. The Morgan fingerprint density at radius 1 is 1.03 bits per heavy atom. The maximum Gasteiger partial charge on any atom is 0.280 e. The molecule has 2 N–H and O–H groups in total. The van der Waals surface area contributed by atoms with Gasteiger partial charge in [-0.3, -0.25) is 4.79 Å². The summed E-state index contributed by atoms with van der Waals surface area (Å²) in [4.78, 5) is 13.2. The molecule has 2 heterocycles. The highest BCUT2D eigenvalue weighted by Crippen LogP contribution is 2.28. The third-order valence-electron chi connectivity index (χ3n) is 6.21. The van der Waals surface area contributed by atoms with Crippen LogP contribution in [0.1, 0.15) is 18.1 Å². The molecule has 0 fully saturated rings. The van der Waals surface area contributed by atoms with E-state index in [9.17, 15) is 14.3 Å². The standard InChI is InChI=1S/C29H27FN4O2/c1-20-27(29(36)34(32-20)24-7-3-2-4-8-24)15-22-18-33(28-10-6-5-9-26(22)28)19-25(35)17-31-16-21-11-13-23(30)14-12-21/h2-15,18,25,31,35H,16-17,19H2,1H3/b27-15+/t25-/m0/s1. The number of aromatic nitrogens is 1. The number of amides is 1. The van der Waals surface area contributed by atoms with E-state index < -0.39 is 6.10 Å². The molecule has 7 heteroatoms. The number of nitrogens with one attached hydrogen (secondary N) is 1. The molecule has 36 heavy (non-hydrogen) atoms. The lowest BCUT2D eigenvalue weighted by atomic mass is 10.1. The van der Waals surface area contributed by atoms with E-state index in [1.54, 1.807) is 12.1 Å². The molecule has 0 saturated carbocycles. The van der Waals surface area contributed by atoms with Gasteiger partial charge in [-0.25, -0.2) is 4.39 Å². The lowest BCUT2D eigenvalue weighted by molar-refractivity contribution is -0.114. The summed E-state index contributed by atoms with van der Waals surface area (Å²) in [5, 5.41) is 20.8. The molecule has 0 unspecified atom stereocenters. The Morgan fingerprint density at radius 3 is 2.53 bits per heavy atom. The maximum atomic E-state index is 13.2. The Labute approximate surface area is 209 Å². The molecular weight excluding hydrogens is 455 g/mol. The lowest BCUT2D eigenvalue weighted by Crippen LogP contribution is -2.29. The van der Waals surface area contributed by atoms with Gasteiger partial charge in [0.05, 0.1) is 23.1 Å².